The molecule has 0 saturated heterocycles. The average Bonchev–Trinajstić information content (AvgIpc) is 2.94. The number of nitrogens with zero attached hydrogens (tertiary/aromatic N) is 1. The van der Waals surface area contributed by atoms with E-state index in [4.69, 9.17) is 9.90 Å². The van der Waals surface area contributed by atoms with Gasteiger partial charge in [-0.05, 0) is 43.7 Å². The first-order chi connectivity index (χ1) is 20.2. The zero-order chi connectivity index (χ0) is 34.0. The van der Waals surface area contributed by atoms with Crippen LogP contribution in [0, 0.1) is 11.3 Å². The minimum atomic E-state index is -5.08. The second-order valence-corrected chi connectivity index (χ2v) is 12.8. The molecular weight excluding hydrogens is 579 g/mol. The molecule has 12 heteroatoms. The first-order valence-electron chi connectivity index (χ1n) is 14.7. The molecule has 9 nitrogen and oxygen atoms in total. The van der Waals surface area contributed by atoms with Crippen molar-refractivity contribution in [3.8, 4) is 0 Å². The summed E-state index contributed by atoms with van der Waals surface area (Å²) in [5.41, 5.74) is 0.428. The Hall–Kier alpha value is -3.41. The van der Waals surface area contributed by atoms with Crippen molar-refractivity contribution in [3.63, 3.8) is 0 Å². The molecule has 1 aliphatic rings. The summed E-state index contributed by atoms with van der Waals surface area (Å²) in [7, 11) is 3.50. The molecule has 0 aliphatic heterocycles. The Balaban J connectivity index is 0.00000123. The van der Waals surface area contributed by atoms with Crippen molar-refractivity contribution in [2.45, 2.75) is 103 Å². The quantitative estimate of drug-likeness (QED) is 0.263. The third-order valence-electron chi connectivity index (χ3n) is 8.08. The maximum absolute atomic E-state index is 14.0. The molecule has 44 heavy (non-hydrogen) atoms. The van der Waals surface area contributed by atoms with Gasteiger partial charge in [0, 0.05) is 18.0 Å². The normalized spacial score (nSPS) is 17.4. The molecule has 0 bridgehead atoms. The second-order valence-electron chi connectivity index (χ2n) is 12.8. The number of carboxylic acid groups (broad SMARTS) is 2. The number of aliphatic carboxylic acids is 2. The number of amides is 2. The number of halogens is 3. The highest BCUT2D eigenvalue weighted by Crippen LogP contribution is 2.42. The summed E-state index contributed by atoms with van der Waals surface area (Å²) < 4.78 is 31.7. The van der Waals surface area contributed by atoms with E-state index in [2.05, 4.69) is 22.8 Å². The van der Waals surface area contributed by atoms with Gasteiger partial charge in [0.05, 0.1) is 12.1 Å². The van der Waals surface area contributed by atoms with Crippen LogP contribution < -0.4 is 10.6 Å². The topological polar surface area (TPSA) is 136 Å². The molecule has 248 valence electrons. The van der Waals surface area contributed by atoms with Crippen molar-refractivity contribution < 1.29 is 42.6 Å². The molecule has 1 aromatic rings. The monoisotopic (exact) mass is 627 g/mol. The number of hydrogen-bond donors (Lipinski definition) is 4. The lowest BCUT2D eigenvalue weighted by Crippen LogP contribution is -2.62. The van der Waals surface area contributed by atoms with Gasteiger partial charge in [-0.2, -0.15) is 13.2 Å². The molecule has 0 radical (unpaired) electrons. The van der Waals surface area contributed by atoms with Crippen LogP contribution in [0.1, 0.15) is 79.2 Å². The highest BCUT2D eigenvalue weighted by molar-refractivity contribution is 5.92. The minimum absolute atomic E-state index is 0.00628. The van der Waals surface area contributed by atoms with Gasteiger partial charge in [-0.25, -0.2) is 9.59 Å². The summed E-state index contributed by atoms with van der Waals surface area (Å²) in [6, 6.07) is 8.55. The summed E-state index contributed by atoms with van der Waals surface area (Å²) in [5, 5.41) is 22.9. The molecule has 1 fully saturated rings. The fourth-order valence-corrected chi connectivity index (χ4v) is 5.66. The zero-order valence-electron chi connectivity index (χ0n) is 26.9. The Bertz CT molecular complexity index is 1160. The molecule has 1 saturated carbocycles. The Morgan fingerprint density at radius 2 is 1.48 bits per heavy atom. The maximum atomic E-state index is 14.0. The van der Waals surface area contributed by atoms with Crippen LogP contribution in [0.3, 0.4) is 0 Å². The summed E-state index contributed by atoms with van der Waals surface area (Å²) in [6.45, 7) is 11.3. The molecule has 0 heterocycles. The van der Waals surface area contributed by atoms with Crippen LogP contribution in [0.2, 0.25) is 0 Å². The van der Waals surface area contributed by atoms with Crippen molar-refractivity contribution in [2.75, 3.05) is 14.1 Å². The third-order valence-corrected chi connectivity index (χ3v) is 8.08. The van der Waals surface area contributed by atoms with E-state index in [1.54, 1.807) is 18.0 Å². The Morgan fingerprint density at radius 3 is 1.86 bits per heavy atom. The number of benzene rings is 1. The van der Waals surface area contributed by atoms with Gasteiger partial charge in [-0.3, -0.25) is 9.59 Å². The smallest absolute Gasteiger partial charge is 0.478 e. The Kier molecular flexibility index (Phi) is 14.1. The number of carbonyl (C=O) groups excluding carboxylic acids is 2. The molecule has 0 spiro atoms. The molecule has 2 amide bonds. The van der Waals surface area contributed by atoms with Crippen molar-refractivity contribution >= 4 is 23.8 Å². The number of nitrogens with one attached hydrogen (secondary N) is 2. The molecule has 2 rings (SSSR count). The maximum Gasteiger partial charge on any atom is 0.490 e. The Labute approximate surface area is 258 Å². The number of rotatable bonds is 10. The first-order valence-corrected chi connectivity index (χ1v) is 14.7. The van der Waals surface area contributed by atoms with Crippen LogP contribution in [-0.2, 0) is 24.6 Å². The lowest BCUT2D eigenvalue weighted by molar-refractivity contribution is -0.192. The largest absolute Gasteiger partial charge is 0.490 e. The van der Waals surface area contributed by atoms with Crippen molar-refractivity contribution in [3.05, 3.63) is 47.5 Å². The highest BCUT2D eigenvalue weighted by Gasteiger charge is 2.46. The van der Waals surface area contributed by atoms with Gasteiger partial charge < -0.3 is 25.7 Å². The Morgan fingerprint density at radius 1 is 0.977 bits per heavy atom. The molecule has 1 aliphatic carbocycles. The SMILES string of the molecule is CN[C@H](C(=O)N[C@H](C(=O)N(C)[C@H](/C=C(\C)C(=O)O)C(C)C)C(C)(C)C)C1(c2ccccc2)CCCCC1.O=C(O)C(F)(F)F. The fourth-order valence-electron chi connectivity index (χ4n) is 5.66. The van der Waals surface area contributed by atoms with E-state index in [-0.39, 0.29) is 28.7 Å². The summed E-state index contributed by atoms with van der Waals surface area (Å²) >= 11 is 0. The van der Waals surface area contributed by atoms with Gasteiger partial charge in [0.2, 0.25) is 11.8 Å². The molecule has 0 aromatic heterocycles. The fraction of sp³-hybridized carbons (Fsp3) is 0.625. The van der Waals surface area contributed by atoms with Crippen LogP contribution in [0.15, 0.2) is 42.0 Å². The number of hydrogen-bond acceptors (Lipinski definition) is 5. The summed E-state index contributed by atoms with van der Waals surface area (Å²) in [4.78, 5) is 49.8. The third kappa shape index (κ3) is 10.3. The first kappa shape index (κ1) is 38.6. The van der Waals surface area contributed by atoms with E-state index in [9.17, 15) is 32.7 Å². The van der Waals surface area contributed by atoms with Gasteiger partial charge >= 0.3 is 18.1 Å². The van der Waals surface area contributed by atoms with Crippen LogP contribution in [0.5, 0.6) is 0 Å². The van der Waals surface area contributed by atoms with E-state index >= 15 is 0 Å². The van der Waals surface area contributed by atoms with E-state index in [0.29, 0.717) is 0 Å². The number of carboxylic acids is 2. The number of likely N-dealkylation sites (N-methyl/N-ethyl adjacent to an activating group) is 2. The standard InChI is InChI=1S/C30H47N3O4.C2HF3O2/c1-20(2)23(19-21(3)28(36)37)33(8)27(35)25(29(4,5)6)32-26(34)24(31-7)30(17-13-10-14-18-30)22-15-11-9-12-16-22;3-2(4,5)1(6)7/h9,11-12,15-16,19-20,23-25,31H,10,13-14,17-18H2,1-8H3,(H,32,34)(H,36,37);(H,6,7)/b21-19+;/t23-,24-,25-;/m1./s1. The lowest BCUT2D eigenvalue weighted by Gasteiger charge is -2.44. The summed E-state index contributed by atoms with van der Waals surface area (Å²) in [6.07, 6.45) is 1.60. The predicted molar refractivity (Wildman–Crippen MR) is 162 cm³/mol. The van der Waals surface area contributed by atoms with Crippen LogP contribution in [0.25, 0.3) is 0 Å². The summed E-state index contributed by atoms with van der Waals surface area (Å²) in [5.74, 6) is -4.20. The van der Waals surface area contributed by atoms with Gasteiger partial charge in [-0.1, -0.05) is 90.3 Å². The van der Waals surface area contributed by atoms with E-state index in [1.807, 2.05) is 59.9 Å². The zero-order valence-corrected chi connectivity index (χ0v) is 26.9. The molecule has 3 atom stereocenters. The molecule has 4 N–H and O–H groups in total. The lowest BCUT2D eigenvalue weighted by atomic mass is 9.64. The van der Waals surface area contributed by atoms with Crippen LogP contribution >= 0.6 is 0 Å². The van der Waals surface area contributed by atoms with Gasteiger partial charge in [0.25, 0.3) is 0 Å². The van der Waals surface area contributed by atoms with Crippen molar-refractivity contribution in [1.29, 1.82) is 0 Å². The van der Waals surface area contributed by atoms with Gasteiger partial charge in [-0.15, -0.1) is 0 Å². The van der Waals surface area contributed by atoms with Crippen molar-refractivity contribution in [2.24, 2.45) is 11.3 Å². The van der Waals surface area contributed by atoms with E-state index in [0.717, 1.165) is 37.7 Å². The number of carbonyl (C=O) groups is 4. The second kappa shape index (κ2) is 16.1. The van der Waals surface area contributed by atoms with E-state index < -0.39 is 41.7 Å². The van der Waals surface area contributed by atoms with Crippen LogP contribution in [-0.4, -0.2) is 77.3 Å². The van der Waals surface area contributed by atoms with Crippen LogP contribution in [0.4, 0.5) is 13.2 Å². The highest BCUT2D eigenvalue weighted by atomic mass is 19.4. The number of alkyl halides is 3. The average molecular weight is 628 g/mol. The molecule has 0 unspecified atom stereocenters. The molecule has 1 aromatic carbocycles. The van der Waals surface area contributed by atoms with Gasteiger partial charge in [0.1, 0.15) is 6.04 Å². The van der Waals surface area contributed by atoms with Gasteiger partial charge in [0.15, 0.2) is 0 Å². The van der Waals surface area contributed by atoms with E-state index in [1.165, 1.54) is 6.92 Å². The van der Waals surface area contributed by atoms with Crippen molar-refractivity contribution in [1.82, 2.24) is 15.5 Å². The predicted octanol–water partition coefficient (Wildman–Crippen LogP) is 5.15. The minimum Gasteiger partial charge on any atom is -0.478 e. The molecular formula is C32H48F3N3O6.